The molecule has 0 atom stereocenters. The number of carbonyl (C=O) groups excluding carboxylic acids is 1. The maximum atomic E-state index is 12.5. The highest BCUT2D eigenvalue weighted by Crippen LogP contribution is 2.33. The van der Waals surface area contributed by atoms with E-state index < -0.39 is 0 Å². The number of rotatable bonds is 5. The molecule has 2 aromatic heterocycles. The number of hydrogen-bond acceptors (Lipinski definition) is 3. The highest BCUT2D eigenvalue weighted by atomic mass is 16.5. The van der Waals surface area contributed by atoms with Crippen molar-refractivity contribution in [3.05, 3.63) is 84.6 Å². The van der Waals surface area contributed by atoms with Gasteiger partial charge in [-0.3, -0.25) is 4.79 Å². The van der Waals surface area contributed by atoms with Crippen molar-refractivity contribution in [2.24, 2.45) is 7.05 Å². The normalized spacial score (nSPS) is 11.1. The zero-order chi connectivity index (χ0) is 20.2. The molecule has 0 radical (unpaired) electrons. The summed E-state index contributed by atoms with van der Waals surface area (Å²) in [4.78, 5) is 17.0. The Hall–Kier alpha value is -3.86. The Morgan fingerprint density at radius 2 is 1.79 bits per heavy atom. The van der Waals surface area contributed by atoms with Crippen molar-refractivity contribution in [1.29, 1.82) is 0 Å². The molecular weight excluding hydrogens is 362 g/mol. The zero-order valence-corrected chi connectivity index (χ0v) is 16.3. The fourth-order valence-electron chi connectivity index (χ4n) is 3.42. The van der Waals surface area contributed by atoms with Crippen LogP contribution in [0.25, 0.3) is 28.4 Å². The van der Waals surface area contributed by atoms with Crippen LogP contribution in [0.5, 0.6) is 5.75 Å². The summed E-state index contributed by atoms with van der Waals surface area (Å²) in [5.74, 6) is 0.546. The number of ether oxygens (including phenoxy) is 1. The molecule has 5 heteroatoms. The van der Waals surface area contributed by atoms with Crippen LogP contribution >= 0.6 is 0 Å². The van der Waals surface area contributed by atoms with Gasteiger partial charge in [-0.15, -0.1) is 0 Å². The van der Waals surface area contributed by atoms with Crippen molar-refractivity contribution >= 4 is 28.7 Å². The van der Waals surface area contributed by atoms with E-state index in [0.29, 0.717) is 5.69 Å². The molecule has 0 saturated carbocycles. The van der Waals surface area contributed by atoms with Crippen LogP contribution in [-0.4, -0.2) is 22.6 Å². The summed E-state index contributed by atoms with van der Waals surface area (Å²) in [6.07, 6.45) is 5.19. The largest absolute Gasteiger partial charge is 0.497 e. The summed E-state index contributed by atoms with van der Waals surface area (Å²) in [6.45, 7) is 0. The first kappa shape index (κ1) is 18.5. The number of aryl methyl sites for hydroxylation is 1. The highest BCUT2D eigenvalue weighted by molar-refractivity contribution is 6.05. The first-order chi connectivity index (χ1) is 14.2. The van der Waals surface area contributed by atoms with Gasteiger partial charge in [0.2, 0.25) is 5.91 Å². The minimum atomic E-state index is -0.199. The maximum absolute atomic E-state index is 12.5. The second-order valence-corrected chi connectivity index (χ2v) is 6.61. The Bertz CT molecular complexity index is 1180. The SMILES string of the molecule is COc1ccc(NC(=O)C=Cc2c(-c3ccccc3)n(C)c3ncccc23)cc1. The number of pyridine rings is 1. The van der Waals surface area contributed by atoms with E-state index in [9.17, 15) is 4.79 Å². The predicted molar refractivity (Wildman–Crippen MR) is 117 cm³/mol. The number of fused-ring (bicyclic) bond motifs is 1. The van der Waals surface area contributed by atoms with Gasteiger partial charge in [0.1, 0.15) is 11.4 Å². The molecule has 0 spiro atoms. The monoisotopic (exact) mass is 383 g/mol. The van der Waals surface area contributed by atoms with Crippen molar-refractivity contribution < 1.29 is 9.53 Å². The van der Waals surface area contributed by atoms with Crippen LogP contribution in [0, 0.1) is 0 Å². The molecule has 4 rings (SSSR count). The van der Waals surface area contributed by atoms with Gasteiger partial charge in [-0.25, -0.2) is 4.98 Å². The molecule has 2 heterocycles. The van der Waals surface area contributed by atoms with Gasteiger partial charge in [-0.2, -0.15) is 0 Å². The number of benzene rings is 2. The third-order valence-corrected chi connectivity index (χ3v) is 4.79. The quantitative estimate of drug-likeness (QED) is 0.499. The van der Waals surface area contributed by atoms with Crippen LogP contribution in [0.2, 0.25) is 0 Å². The Kier molecular flexibility index (Phi) is 5.12. The third-order valence-electron chi connectivity index (χ3n) is 4.79. The third kappa shape index (κ3) is 3.75. The Balaban J connectivity index is 1.68. The van der Waals surface area contributed by atoms with E-state index in [1.807, 2.05) is 67.7 Å². The number of aromatic nitrogens is 2. The number of anilines is 1. The fraction of sp³-hybridized carbons (Fsp3) is 0.0833. The molecule has 0 unspecified atom stereocenters. The van der Waals surface area contributed by atoms with E-state index >= 15 is 0 Å². The molecule has 0 aliphatic carbocycles. The lowest BCUT2D eigenvalue weighted by Crippen LogP contribution is -2.07. The topological polar surface area (TPSA) is 56.1 Å². The molecule has 1 N–H and O–H groups in total. The van der Waals surface area contributed by atoms with Crippen molar-refractivity contribution in [2.45, 2.75) is 0 Å². The number of amides is 1. The molecule has 144 valence electrons. The molecule has 2 aromatic carbocycles. The van der Waals surface area contributed by atoms with Gasteiger partial charge in [0.15, 0.2) is 0 Å². The highest BCUT2D eigenvalue weighted by Gasteiger charge is 2.15. The number of methoxy groups -OCH3 is 1. The van der Waals surface area contributed by atoms with Gasteiger partial charge in [0, 0.05) is 36.0 Å². The van der Waals surface area contributed by atoms with Crippen LogP contribution in [-0.2, 0) is 11.8 Å². The summed E-state index contributed by atoms with van der Waals surface area (Å²) in [5.41, 5.74) is 4.65. The molecule has 5 nitrogen and oxygen atoms in total. The van der Waals surface area contributed by atoms with Crippen LogP contribution in [0.1, 0.15) is 5.56 Å². The smallest absolute Gasteiger partial charge is 0.248 e. The van der Waals surface area contributed by atoms with Gasteiger partial charge in [-0.05, 0) is 48.0 Å². The minimum Gasteiger partial charge on any atom is -0.497 e. The lowest BCUT2D eigenvalue weighted by atomic mass is 10.1. The van der Waals surface area contributed by atoms with Crippen molar-refractivity contribution in [1.82, 2.24) is 9.55 Å². The van der Waals surface area contributed by atoms with E-state index in [0.717, 1.165) is 33.6 Å². The number of hydrogen-bond donors (Lipinski definition) is 1. The molecule has 0 bridgehead atoms. The fourth-order valence-corrected chi connectivity index (χ4v) is 3.42. The van der Waals surface area contributed by atoms with E-state index in [4.69, 9.17) is 4.74 Å². The predicted octanol–water partition coefficient (Wildman–Crippen LogP) is 4.90. The molecule has 0 aliphatic rings. The zero-order valence-electron chi connectivity index (χ0n) is 16.3. The summed E-state index contributed by atoms with van der Waals surface area (Å²) < 4.78 is 7.20. The Labute approximate surface area is 169 Å². The molecule has 29 heavy (non-hydrogen) atoms. The summed E-state index contributed by atoms with van der Waals surface area (Å²) in [6, 6.07) is 21.3. The standard InChI is InChI=1S/C24H21N3O2/c1-27-23(17-7-4-3-5-8-17)20(21-9-6-16-25-24(21)27)14-15-22(28)26-18-10-12-19(29-2)13-11-18/h3-16H,1-2H3,(H,26,28). The van der Waals surface area contributed by atoms with Crippen LogP contribution in [0.4, 0.5) is 5.69 Å². The van der Waals surface area contributed by atoms with Crippen LogP contribution < -0.4 is 10.1 Å². The van der Waals surface area contributed by atoms with Gasteiger partial charge < -0.3 is 14.6 Å². The van der Waals surface area contributed by atoms with Gasteiger partial charge in [-0.1, -0.05) is 30.3 Å². The molecule has 4 aromatic rings. The Morgan fingerprint density at radius 1 is 1.03 bits per heavy atom. The van der Waals surface area contributed by atoms with Crippen LogP contribution in [0.15, 0.2) is 79.0 Å². The maximum Gasteiger partial charge on any atom is 0.248 e. The van der Waals surface area contributed by atoms with E-state index in [-0.39, 0.29) is 5.91 Å². The van der Waals surface area contributed by atoms with Gasteiger partial charge >= 0.3 is 0 Å². The lowest BCUT2D eigenvalue weighted by Gasteiger charge is -2.06. The average molecular weight is 383 g/mol. The first-order valence-electron chi connectivity index (χ1n) is 9.29. The second kappa shape index (κ2) is 8.02. The first-order valence-corrected chi connectivity index (χ1v) is 9.29. The molecular formula is C24H21N3O2. The van der Waals surface area contributed by atoms with Gasteiger partial charge in [0.25, 0.3) is 0 Å². The number of nitrogens with one attached hydrogen (secondary N) is 1. The molecule has 1 amide bonds. The van der Waals surface area contributed by atoms with Crippen molar-refractivity contribution in [3.63, 3.8) is 0 Å². The summed E-state index contributed by atoms with van der Waals surface area (Å²) >= 11 is 0. The lowest BCUT2D eigenvalue weighted by molar-refractivity contribution is -0.111. The minimum absolute atomic E-state index is 0.199. The van der Waals surface area contributed by atoms with Gasteiger partial charge in [0.05, 0.1) is 12.8 Å². The van der Waals surface area contributed by atoms with E-state index in [1.54, 1.807) is 19.4 Å². The average Bonchev–Trinajstić information content (AvgIpc) is 3.05. The number of carbonyl (C=O) groups is 1. The van der Waals surface area contributed by atoms with E-state index in [2.05, 4.69) is 27.0 Å². The molecule has 0 fully saturated rings. The second-order valence-electron chi connectivity index (χ2n) is 6.61. The van der Waals surface area contributed by atoms with Crippen LogP contribution in [0.3, 0.4) is 0 Å². The van der Waals surface area contributed by atoms with Crippen molar-refractivity contribution in [3.8, 4) is 17.0 Å². The van der Waals surface area contributed by atoms with E-state index in [1.165, 1.54) is 0 Å². The molecule has 0 aliphatic heterocycles. The molecule has 0 saturated heterocycles. The summed E-state index contributed by atoms with van der Waals surface area (Å²) in [5, 5.41) is 3.88. The Morgan fingerprint density at radius 3 is 2.52 bits per heavy atom. The number of nitrogens with zero attached hydrogens (tertiary/aromatic N) is 2. The summed E-state index contributed by atoms with van der Waals surface area (Å²) in [7, 11) is 3.60. The van der Waals surface area contributed by atoms with Crippen molar-refractivity contribution in [2.75, 3.05) is 12.4 Å².